The highest BCUT2D eigenvalue weighted by Gasteiger charge is 2.62. The number of hydrogen-bond acceptors (Lipinski definition) is 5. The van der Waals surface area contributed by atoms with Crippen molar-refractivity contribution in [3.63, 3.8) is 0 Å². The lowest BCUT2D eigenvalue weighted by Crippen LogP contribution is -2.51. The van der Waals surface area contributed by atoms with Crippen molar-refractivity contribution in [1.29, 1.82) is 0 Å². The van der Waals surface area contributed by atoms with Crippen molar-refractivity contribution < 1.29 is 35.9 Å². The molecule has 1 saturated heterocycles. The first-order valence-electron chi connectivity index (χ1n) is 9.27. The fourth-order valence-electron chi connectivity index (χ4n) is 3.49. The van der Waals surface area contributed by atoms with E-state index in [9.17, 15) is 35.9 Å². The molecule has 31 heavy (non-hydrogen) atoms. The molecule has 15 heteroatoms. The minimum atomic E-state index is -5.82. The lowest BCUT2D eigenvalue weighted by Gasteiger charge is -2.35. The molecule has 2 aliphatic heterocycles. The van der Waals surface area contributed by atoms with Gasteiger partial charge in [-0.25, -0.2) is 4.39 Å². The van der Waals surface area contributed by atoms with Gasteiger partial charge in [0.1, 0.15) is 0 Å². The zero-order valence-electron chi connectivity index (χ0n) is 16.0. The minimum Gasteiger partial charge on any atom is -0.337 e. The fraction of sp³-hybridized carbons (Fsp3) is 0.750. The Labute approximate surface area is 186 Å². The lowest BCUT2D eigenvalue weighted by molar-refractivity contribution is -0.293. The summed E-state index contributed by atoms with van der Waals surface area (Å²) in [4.78, 5) is 26.9. The molecule has 0 aliphatic carbocycles. The number of fused-ring (bicyclic) bond motifs is 1. The molecule has 1 unspecified atom stereocenters. The number of halogens is 7. The summed E-state index contributed by atoms with van der Waals surface area (Å²) in [7, 11) is 0. The van der Waals surface area contributed by atoms with Crippen LogP contribution in [0.2, 0.25) is 0 Å². The van der Waals surface area contributed by atoms with Gasteiger partial charge >= 0.3 is 12.1 Å². The lowest BCUT2D eigenvalue weighted by atomic mass is 10.1. The molecule has 3 rings (SSSR count). The molecule has 1 fully saturated rings. The Hall–Kier alpha value is -1.65. The molecule has 0 spiro atoms. The van der Waals surface area contributed by atoms with Gasteiger partial charge in [-0.15, -0.1) is 10.2 Å². The van der Waals surface area contributed by atoms with Crippen molar-refractivity contribution >= 4 is 34.4 Å². The van der Waals surface area contributed by atoms with Crippen LogP contribution in [0, 0.1) is 0 Å². The summed E-state index contributed by atoms with van der Waals surface area (Å²) in [6.07, 6.45) is -5.91. The Balaban J connectivity index is 1.61. The first-order valence-corrected chi connectivity index (χ1v) is 10.4. The monoisotopic (exact) mass is 568 g/mol. The zero-order chi connectivity index (χ0) is 23.2. The number of aromatic nitrogens is 3. The number of piperidine rings is 1. The molecule has 8 nitrogen and oxygen atoms in total. The number of amides is 2. The number of nitrogens with two attached hydrogens (primary N) is 1. The smallest absolute Gasteiger partial charge is 0.337 e. The predicted octanol–water partition coefficient (Wildman–Crippen LogP) is 1.71. The number of nitrogens with zero attached hydrogens (tertiary/aromatic N) is 5. The molecule has 2 N–H and O–H groups in total. The van der Waals surface area contributed by atoms with Crippen LogP contribution in [0.15, 0.2) is 0 Å². The van der Waals surface area contributed by atoms with Crippen LogP contribution in [0.5, 0.6) is 0 Å². The molecule has 1 aromatic heterocycles. The van der Waals surface area contributed by atoms with Gasteiger partial charge in [-0.1, -0.05) is 0 Å². The average Bonchev–Trinajstić information content (AvgIpc) is 3.07. The van der Waals surface area contributed by atoms with Crippen LogP contribution in [-0.4, -0.2) is 71.9 Å². The summed E-state index contributed by atoms with van der Waals surface area (Å²) in [5.41, 5.74) is 5.94. The van der Waals surface area contributed by atoms with E-state index >= 15 is 0 Å². The van der Waals surface area contributed by atoms with Crippen LogP contribution < -0.4 is 5.73 Å². The normalized spacial score (nSPS) is 23.7. The van der Waals surface area contributed by atoms with E-state index in [1.165, 1.54) is 9.80 Å². The maximum atomic E-state index is 14.1. The Morgan fingerprint density at radius 3 is 2.55 bits per heavy atom. The van der Waals surface area contributed by atoms with Crippen molar-refractivity contribution in [2.75, 3.05) is 19.6 Å². The van der Waals surface area contributed by atoms with E-state index in [1.54, 1.807) is 22.6 Å². The maximum absolute atomic E-state index is 14.1. The number of rotatable bonds is 5. The molecule has 0 saturated carbocycles. The number of carbonyl (C=O) groups is 2. The molecular formula is C16H19F6IN6O2. The summed E-state index contributed by atoms with van der Waals surface area (Å²) < 4.78 is 78.3. The number of likely N-dealkylation sites (tertiary alicyclic amines) is 1. The van der Waals surface area contributed by atoms with E-state index in [2.05, 4.69) is 10.2 Å². The van der Waals surface area contributed by atoms with Crippen molar-refractivity contribution in [2.45, 2.75) is 54.2 Å². The van der Waals surface area contributed by atoms with Crippen LogP contribution in [0.3, 0.4) is 0 Å². The molecule has 1 aromatic rings. The molecule has 0 bridgehead atoms. The fourth-order valence-corrected chi connectivity index (χ4v) is 4.17. The van der Waals surface area contributed by atoms with Crippen LogP contribution in [0.4, 0.5) is 26.3 Å². The third-order valence-electron chi connectivity index (χ3n) is 5.11. The van der Waals surface area contributed by atoms with Gasteiger partial charge in [0, 0.05) is 44.9 Å². The number of carbonyl (C=O) groups excluding carboxylic acids is 2. The van der Waals surface area contributed by atoms with E-state index in [0.717, 1.165) is 0 Å². The highest BCUT2D eigenvalue weighted by atomic mass is 127. The summed E-state index contributed by atoms with van der Waals surface area (Å²) in [6.45, 7) is -0.964. The van der Waals surface area contributed by atoms with Gasteiger partial charge in [0.05, 0.1) is 13.1 Å². The first kappa shape index (κ1) is 24.0. The van der Waals surface area contributed by atoms with Crippen LogP contribution >= 0.6 is 22.6 Å². The molecule has 2 amide bonds. The third-order valence-corrected chi connectivity index (χ3v) is 5.99. The molecular weight excluding hydrogens is 549 g/mol. The Morgan fingerprint density at radius 2 is 1.90 bits per heavy atom. The Morgan fingerprint density at radius 1 is 1.23 bits per heavy atom. The SMILES string of the molecule is N[C@@H](CC(=O)N1CCn2c(nnc2C(F)(F)C(F)(F)F)C1)CN1CC(F)(I)CCC1=O. The second kappa shape index (κ2) is 8.37. The molecule has 2 atom stereocenters. The highest BCUT2D eigenvalue weighted by Crippen LogP contribution is 2.43. The van der Waals surface area contributed by atoms with Crippen molar-refractivity contribution in [3.8, 4) is 0 Å². The summed E-state index contributed by atoms with van der Waals surface area (Å²) in [5, 5.41) is 6.37. The van der Waals surface area contributed by atoms with Gasteiger partial charge < -0.3 is 20.1 Å². The van der Waals surface area contributed by atoms with Gasteiger partial charge in [-0.05, 0) is 22.6 Å². The Bertz CT molecular complexity index is 860. The molecule has 0 radical (unpaired) electrons. The zero-order valence-corrected chi connectivity index (χ0v) is 18.2. The quantitative estimate of drug-likeness (QED) is 0.332. The van der Waals surface area contributed by atoms with Crippen molar-refractivity contribution in [2.24, 2.45) is 5.73 Å². The van der Waals surface area contributed by atoms with E-state index in [0.29, 0.717) is 4.57 Å². The van der Waals surface area contributed by atoms with Crippen molar-refractivity contribution in [1.82, 2.24) is 24.6 Å². The number of alkyl halides is 7. The van der Waals surface area contributed by atoms with E-state index < -0.39 is 33.5 Å². The van der Waals surface area contributed by atoms with Gasteiger partial charge in [0.25, 0.3) is 0 Å². The van der Waals surface area contributed by atoms with Gasteiger partial charge in [-0.3, -0.25) is 9.59 Å². The van der Waals surface area contributed by atoms with Gasteiger partial charge in [-0.2, -0.15) is 22.0 Å². The third kappa shape index (κ3) is 5.06. The molecule has 2 aliphatic rings. The largest absolute Gasteiger partial charge is 0.461 e. The van der Waals surface area contributed by atoms with Crippen molar-refractivity contribution in [3.05, 3.63) is 11.6 Å². The van der Waals surface area contributed by atoms with Crippen LogP contribution in [0.1, 0.15) is 30.9 Å². The Kier molecular flexibility index (Phi) is 6.48. The second-order valence-electron chi connectivity index (χ2n) is 7.57. The maximum Gasteiger partial charge on any atom is 0.461 e. The van der Waals surface area contributed by atoms with E-state index in [-0.39, 0.29) is 63.7 Å². The van der Waals surface area contributed by atoms with Gasteiger partial charge in [0.2, 0.25) is 17.6 Å². The van der Waals surface area contributed by atoms with Gasteiger partial charge in [0.15, 0.2) is 9.50 Å². The van der Waals surface area contributed by atoms with E-state index in [4.69, 9.17) is 5.73 Å². The highest BCUT2D eigenvalue weighted by molar-refractivity contribution is 14.1. The van der Waals surface area contributed by atoms with Crippen LogP contribution in [-0.2, 0) is 28.6 Å². The average molecular weight is 568 g/mol. The number of hydrogen-bond donors (Lipinski definition) is 1. The molecule has 0 aromatic carbocycles. The summed E-state index contributed by atoms with van der Waals surface area (Å²) in [6, 6.07) is -0.799. The summed E-state index contributed by atoms with van der Waals surface area (Å²) in [5.74, 6) is -7.65. The topological polar surface area (TPSA) is 97.3 Å². The minimum absolute atomic E-state index is 0.0345. The molecule has 3 heterocycles. The molecule has 174 valence electrons. The van der Waals surface area contributed by atoms with E-state index in [1.807, 2.05) is 0 Å². The first-order chi connectivity index (χ1) is 14.2. The standard InChI is InChI=1S/C16H19F6IN6O2/c17-14(23)2-1-11(30)28(8-14)6-9(24)5-12(31)27-3-4-29-10(7-27)25-26-13(29)15(18,19)16(20,21)22/h9H,1-8,24H2/t9-,14?/m0/s1. The predicted molar refractivity (Wildman–Crippen MR) is 102 cm³/mol. The summed E-state index contributed by atoms with van der Waals surface area (Å²) >= 11 is 1.62. The second-order valence-corrected chi connectivity index (χ2v) is 9.51. The van der Waals surface area contributed by atoms with Crippen LogP contribution in [0.25, 0.3) is 0 Å².